The molecule has 6 heteroatoms. The zero-order chi connectivity index (χ0) is 28.6. The lowest BCUT2D eigenvalue weighted by molar-refractivity contribution is -0.136. The summed E-state index contributed by atoms with van der Waals surface area (Å²) in [6.07, 6.45) is 5.87. The fourth-order valence-corrected chi connectivity index (χ4v) is 3.93. The number of anilines is 1. The number of hydrogen-bond donors (Lipinski definition) is 2. The summed E-state index contributed by atoms with van der Waals surface area (Å²) in [7, 11) is 4.02. The van der Waals surface area contributed by atoms with Crippen LogP contribution in [0, 0.1) is 6.92 Å². The maximum atomic E-state index is 12.2. The number of rotatable bonds is 12. The SMILES string of the molecule is CC(Cc1ccc(N(C)C)cc1)=Nc1cc(C(=O)NCCC(=O)O)ccc1C.CCCCCc1ccccc1. The maximum Gasteiger partial charge on any atom is 0.305 e. The monoisotopic (exact) mass is 529 g/mol. The molecule has 3 aromatic carbocycles. The fourth-order valence-electron chi connectivity index (χ4n) is 3.93. The van der Waals surface area contributed by atoms with Crippen molar-refractivity contribution in [3.63, 3.8) is 0 Å². The number of aliphatic imine (C=N–C) groups is 1. The molecule has 0 atom stereocenters. The number of nitrogens with zero attached hydrogens (tertiary/aromatic N) is 2. The highest BCUT2D eigenvalue weighted by Crippen LogP contribution is 2.22. The second kappa shape index (κ2) is 16.8. The first kappa shape index (κ1) is 31.3. The van der Waals surface area contributed by atoms with Gasteiger partial charge in [0.25, 0.3) is 5.91 Å². The van der Waals surface area contributed by atoms with E-state index < -0.39 is 5.97 Å². The average Bonchev–Trinajstić information content (AvgIpc) is 2.91. The number of aliphatic carboxylic acids is 1. The quantitative estimate of drug-likeness (QED) is 0.195. The van der Waals surface area contributed by atoms with Gasteiger partial charge in [-0.15, -0.1) is 0 Å². The van der Waals surface area contributed by atoms with Gasteiger partial charge in [0, 0.05) is 44.0 Å². The molecule has 0 aromatic heterocycles. The number of benzene rings is 3. The highest BCUT2D eigenvalue weighted by molar-refractivity contribution is 5.96. The number of carbonyl (C=O) groups is 2. The second-order valence-corrected chi connectivity index (χ2v) is 9.93. The van der Waals surface area contributed by atoms with Gasteiger partial charge in [-0.25, -0.2) is 0 Å². The van der Waals surface area contributed by atoms with Gasteiger partial charge in [0.05, 0.1) is 12.1 Å². The predicted molar refractivity (Wildman–Crippen MR) is 163 cm³/mol. The molecule has 0 saturated carbocycles. The van der Waals surface area contributed by atoms with Crippen LogP contribution >= 0.6 is 0 Å². The van der Waals surface area contributed by atoms with Crippen LogP contribution in [0.5, 0.6) is 0 Å². The molecule has 3 rings (SSSR count). The van der Waals surface area contributed by atoms with E-state index >= 15 is 0 Å². The molecule has 0 aliphatic carbocycles. The molecule has 208 valence electrons. The molecule has 6 nitrogen and oxygen atoms in total. The van der Waals surface area contributed by atoms with Gasteiger partial charge in [-0.2, -0.15) is 0 Å². The van der Waals surface area contributed by atoms with Crippen LogP contribution in [0.2, 0.25) is 0 Å². The molecule has 1 amide bonds. The molecule has 39 heavy (non-hydrogen) atoms. The van der Waals surface area contributed by atoms with Gasteiger partial charge in [-0.05, 0) is 67.6 Å². The Morgan fingerprint density at radius 1 is 0.923 bits per heavy atom. The number of carboxylic acid groups (broad SMARTS) is 1. The Hall–Kier alpha value is -3.93. The Bertz CT molecular complexity index is 1200. The number of nitrogens with one attached hydrogen (secondary N) is 1. The van der Waals surface area contributed by atoms with Crippen molar-refractivity contribution in [2.24, 2.45) is 4.99 Å². The zero-order valence-corrected chi connectivity index (χ0v) is 24.0. The van der Waals surface area contributed by atoms with Crippen molar-refractivity contribution in [1.29, 1.82) is 0 Å². The van der Waals surface area contributed by atoms with Gasteiger partial charge in [0.2, 0.25) is 0 Å². The van der Waals surface area contributed by atoms with Crippen molar-refractivity contribution in [2.45, 2.75) is 59.3 Å². The van der Waals surface area contributed by atoms with Crippen LogP contribution in [0.15, 0.2) is 77.8 Å². The van der Waals surface area contributed by atoms with E-state index in [0.29, 0.717) is 5.56 Å². The summed E-state index contributed by atoms with van der Waals surface area (Å²) >= 11 is 0. The van der Waals surface area contributed by atoms with Crippen molar-refractivity contribution < 1.29 is 14.7 Å². The van der Waals surface area contributed by atoms with Gasteiger partial charge in [-0.3, -0.25) is 14.6 Å². The summed E-state index contributed by atoms with van der Waals surface area (Å²) in [5.74, 6) is -1.24. The van der Waals surface area contributed by atoms with Crippen molar-refractivity contribution in [3.8, 4) is 0 Å². The van der Waals surface area contributed by atoms with Gasteiger partial charge >= 0.3 is 5.97 Å². The van der Waals surface area contributed by atoms with E-state index in [9.17, 15) is 9.59 Å². The number of aryl methyl sites for hydroxylation is 2. The topological polar surface area (TPSA) is 82.0 Å². The minimum atomic E-state index is -0.941. The van der Waals surface area contributed by atoms with Crippen LogP contribution in [0.3, 0.4) is 0 Å². The highest BCUT2D eigenvalue weighted by atomic mass is 16.4. The number of amides is 1. The third kappa shape index (κ3) is 12.0. The van der Waals surface area contributed by atoms with E-state index in [0.717, 1.165) is 29.1 Å². The first-order chi connectivity index (χ1) is 18.7. The van der Waals surface area contributed by atoms with E-state index in [2.05, 4.69) is 71.7 Å². The summed E-state index contributed by atoms with van der Waals surface area (Å²) < 4.78 is 0. The number of carboxylic acids is 1. The molecule has 0 spiro atoms. The Labute approximate surface area is 233 Å². The second-order valence-electron chi connectivity index (χ2n) is 9.93. The summed E-state index contributed by atoms with van der Waals surface area (Å²) in [6.45, 7) is 6.26. The Kier molecular flexibility index (Phi) is 13.5. The van der Waals surface area contributed by atoms with Crippen molar-refractivity contribution >= 4 is 29.0 Å². The zero-order valence-electron chi connectivity index (χ0n) is 24.0. The molecule has 0 bridgehead atoms. The summed E-state index contributed by atoms with van der Waals surface area (Å²) in [5, 5.41) is 11.3. The predicted octanol–water partition coefficient (Wildman–Crippen LogP) is 7.02. The van der Waals surface area contributed by atoms with Gasteiger partial charge in [0.1, 0.15) is 0 Å². The molecule has 0 aliphatic rings. The molecular formula is C33H43N3O3. The standard InChI is InChI=1S/C22H27N3O3.C11H16/c1-15-5-8-18(22(28)23-12-11-21(26)27)14-20(15)24-16(2)13-17-6-9-19(10-7-17)25(3)4;1-2-3-5-8-11-9-6-4-7-10-11/h5-10,14H,11-13H2,1-4H3,(H,23,28)(H,26,27);4,6-7,9-10H,2-3,5,8H2,1H3. The first-order valence-electron chi connectivity index (χ1n) is 13.6. The molecule has 3 aromatic rings. The summed E-state index contributed by atoms with van der Waals surface area (Å²) in [6, 6.07) is 24.4. The molecule has 0 radical (unpaired) electrons. The van der Waals surface area contributed by atoms with Crippen LogP contribution in [-0.4, -0.2) is 43.3 Å². The average molecular weight is 530 g/mol. The molecular weight excluding hydrogens is 486 g/mol. The normalized spacial score (nSPS) is 10.8. The van der Waals surface area contributed by atoms with Crippen molar-refractivity contribution in [1.82, 2.24) is 5.32 Å². The molecule has 0 unspecified atom stereocenters. The summed E-state index contributed by atoms with van der Waals surface area (Å²) in [5.41, 5.74) is 6.93. The van der Waals surface area contributed by atoms with Gasteiger partial charge < -0.3 is 15.3 Å². The molecule has 0 saturated heterocycles. The molecule has 0 fully saturated rings. The minimum absolute atomic E-state index is 0.0998. The third-order valence-electron chi connectivity index (χ3n) is 6.23. The van der Waals surface area contributed by atoms with Crippen molar-refractivity contribution in [2.75, 3.05) is 25.5 Å². The Morgan fingerprint density at radius 2 is 1.62 bits per heavy atom. The molecule has 2 N–H and O–H groups in total. The fraction of sp³-hybridized carbons (Fsp3) is 0.364. The van der Waals surface area contributed by atoms with E-state index in [1.165, 1.54) is 36.8 Å². The lowest BCUT2D eigenvalue weighted by atomic mass is 10.1. The smallest absolute Gasteiger partial charge is 0.305 e. The van der Waals surface area contributed by atoms with E-state index in [1.54, 1.807) is 12.1 Å². The summed E-state index contributed by atoms with van der Waals surface area (Å²) in [4.78, 5) is 29.5. The van der Waals surface area contributed by atoms with Crippen LogP contribution < -0.4 is 10.2 Å². The van der Waals surface area contributed by atoms with E-state index in [-0.39, 0.29) is 18.9 Å². The lowest BCUT2D eigenvalue weighted by Gasteiger charge is -2.12. The lowest BCUT2D eigenvalue weighted by Crippen LogP contribution is -2.25. The van der Waals surface area contributed by atoms with Crippen LogP contribution in [0.25, 0.3) is 0 Å². The molecule has 0 aliphatic heterocycles. The largest absolute Gasteiger partial charge is 0.481 e. The highest BCUT2D eigenvalue weighted by Gasteiger charge is 2.09. The van der Waals surface area contributed by atoms with Crippen LogP contribution in [0.4, 0.5) is 11.4 Å². The van der Waals surface area contributed by atoms with Gasteiger partial charge in [0.15, 0.2) is 0 Å². The van der Waals surface area contributed by atoms with E-state index in [1.807, 2.05) is 34.0 Å². The van der Waals surface area contributed by atoms with Crippen LogP contribution in [-0.2, 0) is 17.6 Å². The Balaban J connectivity index is 0.000000404. The first-order valence-corrected chi connectivity index (χ1v) is 13.6. The molecule has 0 heterocycles. The van der Waals surface area contributed by atoms with Gasteiger partial charge in [-0.1, -0.05) is 68.3 Å². The van der Waals surface area contributed by atoms with Crippen molar-refractivity contribution in [3.05, 3.63) is 95.1 Å². The number of carbonyl (C=O) groups excluding carboxylic acids is 1. The third-order valence-corrected chi connectivity index (χ3v) is 6.23. The Morgan fingerprint density at radius 3 is 2.23 bits per heavy atom. The van der Waals surface area contributed by atoms with E-state index in [4.69, 9.17) is 10.1 Å². The minimum Gasteiger partial charge on any atom is -0.481 e. The maximum absolute atomic E-state index is 12.2. The van der Waals surface area contributed by atoms with Crippen LogP contribution in [0.1, 0.15) is 66.6 Å². The number of unbranched alkanes of at least 4 members (excludes halogenated alkanes) is 2. The number of hydrogen-bond acceptors (Lipinski definition) is 4.